The number of nitrogens with two attached hydrogens (primary N) is 1. The van der Waals surface area contributed by atoms with E-state index in [-0.39, 0.29) is 5.92 Å². The fraction of sp³-hybridized carbons (Fsp3) is 0.600. The molecule has 3 aromatic rings. The monoisotopic (exact) mass is 529 g/mol. The van der Waals surface area contributed by atoms with Gasteiger partial charge in [-0.2, -0.15) is 4.98 Å². The Morgan fingerprint density at radius 3 is 2.54 bits per heavy atom. The van der Waals surface area contributed by atoms with Crippen molar-refractivity contribution < 1.29 is 8.42 Å². The predicted octanol–water partition coefficient (Wildman–Crippen LogP) is 2.45. The molecule has 0 spiro atoms. The zero-order chi connectivity index (χ0) is 26.6. The van der Waals surface area contributed by atoms with Gasteiger partial charge in [0.15, 0.2) is 5.65 Å². The molecule has 3 aromatic heterocycles. The fourth-order valence-corrected chi connectivity index (χ4v) is 6.57. The van der Waals surface area contributed by atoms with Crippen LogP contribution in [0.4, 0.5) is 11.8 Å². The molecule has 2 saturated heterocycles. The van der Waals surface area contributed by atoms with Gasteiger partial charge in [-0.25, -0.2) is 27.7 Å². The summed E-state index contributed by atoms with van der Waals surface area (Å²) in [7, 11) is -0.866. The smallest absolute Gasteiger partial charge is 0.227 e. The maximum atomic E-state index is 11.9. The summed E-state index contributed by atoms with van der Waals surface area (Å²) in [6, 6.07) is 1.88. The molecule has 2 fully saturated rings. The third kappa shape index (κ3) is 6.93. The van der Waals surface area contributed by atoms with E-state index in [2.05, 4.69) is 48.7 Å². The number of aromatic amines is 1. The number of anilines is 2. The predicted molar refractivity (Wildman–Crippen MR) is 148 cm³/mol. The molecule has 11 nitrogen and oxygen atoms in total. The van der Waals surface area contributed by atoms with Crippen LogP contribution in [0.3, 0.4) is 0 Å². The lowest BCUT2D eigenvalue weighted by atomic mass is 10.0. The maximum Gasteiger partial charge on any atom is 0.227 e. The Bertz CT molecular complexity index is 1290. The average molecular weight is 530 g/mol. The Morgan fingerprint density at radius 2 is 1.86 bits per heavy atom. The van der Waals surface area contributed by atoms with Crippen molar-refractivity contribution in [3.8, 4) is 11.3 Å². The summed E-state index contributed by atoms with van der Waals surface area (Å²) in [5, 5.41) is 0. The van der Waals surface area contributed by atoms with E-state index >= 15 is 0 Å². The average Bonchev–Trinajstić information content (AvgIpc) is 3.32. The summed E-state index contributed by atoms with van der Waals surface area (Å²) < 4.78 is 25.4. The Balaban J connectivity index is 0.000000197. The van der Waals surface area contributed by atoms with Gasteiger partial charge in [-0.3, -0.25) is 0 Å². The molecule has 12 heteroatoms. The zero-order valence-electron chi connectivity index (χ0n) is 22.3. The van der Waals surface area contributed by atoms with Crippen molar-refractivity contribution in [1.82, 2.24) is 34.1 Å². The molecule has 202 valence electrons. The van der Waals surface area contributed by atoms with E-state index in [0.29, 0.717) is 34.7 Å². The number of fused-ring (bicyclic) bond motifs is 1. The molecule has 0 radical (unpaired) electrons. The van der Waals surface area contributed by atoms with Crippen LogP contribution in [0.1, 0.15) is 33.6 Å². The highest BCUT2D eigenvalue weighted by Crippen LogP contribution is 2.25. The summed E-state index contributed by atoms with van der Waals surface area (Å²) in [4.78, 5) is 25.3. The van der Waals surface area contributed by atoms with Crippen LogP contribution in [0.25, 0.3) is 22.4 Å². The van der Waals surface area contributed by atoms with Crippen LogP contribution in [-0.2, 0) is 10.0 Å². The van der Waals surface area contributed by atoms with Crippen LogP contribution in [-0.4, -0.2) is 94.6 Å². The van der Waals surface area contributed by atoms with E-state index in [1.54, 1.807) is 16.7 Å². The van der Waals surface area contributed by atoms with Gasteiger partial charge in [0, 0.05) is 51.7 Å². The van der Waals surface area contributed by atoms with Crippen LogP contribution in [0, 0.1) is 11.8 Å². The number of sulfonamides is 1. The highest BCUT2D eigenvalue weighted by atomic mass is 32.2. The molecule has 1 unspecified atom stereocenters. The Kier molecular flexibility index (Phi) is 8.60. The van der Waals surface area contributed by atoms with Crippen molar-refractivity contribution in [2.24, 2.45) is 11.8 Å². The van der Waals surface area contributed by atoms with Gasteiger partial charge in [-0.1, -0.05) is 20.8 Å². The number of nitrogens with zero attached hydrogens (tertiary/aromatic N) is 7. The minimum atomic E-state index is -2.98. The summed E-state index contributed by atoms with van der Waals surface area (Å²) >= 11 is 0. The van der Waals surface area contributed by atoms with E-state index in [4.69, 9.17) is 5.73 Å². The van der Waals surface area contributed by atoms with Gasteiger partial charge in [0.1, 0.15) is 11.3 Å². The second-order valence-electron chi connectivity index (χ2n) is 10.5. The third-order valence-electron chi connectivity index (χ3n) is 6.69. The van der Waals surface area contributed by atoms with Gasteiger partial charge in [-0.15, -0.1) is 0 Å². The first-order chi connectivity index (χ1) is 17.6. The molecule has 0 aromatic carbocycles. The summed E-state index contributed by atoms with van der Waals surface area (Å²) in [6.45, 7) is 11.3. The topological polar surface area (TPSA) is 137 Å². The van der Waals surface area contributed by atoms with Crippen molar-refractivity contribution in [3.05, 3.63) is 24.7 Å². The van der Waals surface area contributed by atoms with Gasteiger partial charge < -0.3 is 20.5 Å². The summed E-state index contributed by atoms with van der Waals surface area (Å²) in [5.74, 6) is 2.13. The van der Waals surface area contributed by atoms with Crippen LogP contribution >= 0.6 is 0 Å². The Morgan fingerprint density at radius 1 is 1.11 bits per heavy atom. The van der Waals surface area contributed by atoms with Gasteiger partial charge in [-0.05, 0) is 37.8 Å². The van der Waals surface area contributed by atoms with Crippen LogP contribution in [0.5, 0.6) is 0 Å². The largest absolute Gasteiger partial charge is 0.383 e. The van der Waals surface area contributed by atoms with Gasteiger partial charge in [0.2, 0.25) is 16.0 Å². The molecule has 2 aliphatic heterocycles. The van der Waals surface area contributed by atoms with E-state index in [9.17, 15) is 8.42 Å². The molecular weight excluding hydrogens is 490 g/mol. The lowest BCUT2D eigenvalue weighted by molar-refractivity contribution is 0.280. The van der Waals surface area contributed by atoms with Crippen molar-refractivity contribution in [2.75, 3.05) is 62.7 Å². The molecular formula is C25H39N9O2S. The van der Waals surface area contributed by atoms with E-state index in [1.807, 2.05) is 26.1 Å². The first kappa shape index (κ1) is 27.2. The standard InChI is InChI=1S/C15H18N8.C10H21NO2S/c1-22-4-6-23(7-5-22)15-19-8-10(13(16)21-15)12-9-18-14-11(20-12)2-3-17-14;1-9(2)8-14(12,13)11-6-4-5-10(3)7-11/h2-3,8-9H,4-7H2,1H3,(H,17,18)(H2,16,19,21);9-10H,4-8H2,1-3H3. The van der Waals surface area contributed by atoms with Gasteiger partial charge >= 0.3 is 0 Å². The van der Waals surface area contributed by atoms with Crippen LogP contribution in [0.15, 0.2) is 24.7 Å². The number of aromatic nitrogens is 5. The number of hydrogen-bond acceptors (Lipinski definition) is 9. The van der Waals surface area contributed by atoms with Crippen molar-refractivity contribution in [2.45, 2.75) is 33.6 Å². The highest BCUT2D eigenvalue weighted by molar-refractivity contribution is 7.89. The number of piperazine rings is 1. The summed E-state index contributed by atoms with van der Waals surface area (Å²) in [5.41, 5.74) is 9.08. The van der Waals surface area contributed by atoms with E-state index in [0.717, 1.165) is 63.3 Å². The van der Waals surface area contributed by atoms with E-state index in [1.165, 1.54) is 0 Å². The first-order valence-corrected chi connectivity index (χ1v) is 14.6. The second kappa shape index (κ2) is 11.7. The quantitative estimate of drug-likeness (QED) is 0.510. The molecule has 0 aliphatic carbocycles. The van der Waals surface area contributed by atoms with Crippen molar-refractivity contribution in [3.63, 3.8) is 0 Å². The van der Waals surface area contributed by atoms with Gasteiger partial charge in [0.25, 0.3) is 0 Å². The Hall–Kier alpha value is -2.83. The van der Waals surface area contributed by atoms with Crippen molar-refractivity contribution >= 4 is 33.0 Å². The minimum absolute atomic E-state index is 0.220. The number of H-pyrrole nitrogens is 1. The molecule has 0 saturated carbocycles. The number of likely N-dealkylation sites (N-methyl/N-ethyl adjacent to an activating group) is 1. The van der Waals surface area contributed by atoms with E-state index < -0.39 is 10.0 Å². The number of hydrogen-bond donors (Lipinski definition) is 2. The van der Waals surface area contributed by atoms with Crippen molar-refractivity contribution in [1.29, 1.82) is 0 Å². The van der Waals surface area contributed by atoms with Gasteiger partial charge in [0.05, 0.1) is 23.2 Å². The number of nitrogens with one attached hydrogen (secondary N) is 1. The fourth-order valence-electron chi connectivity index (χ4n) is 4.63. The number of rotatable bonds is 5. The first-order valence-electron chi connectivity index (χ1n) is 13.0. The number of nitrogen functional groups attached to an aromatic ring is 1. The minimum Gasteiger partial charge on any atom is -0.383 e. The number of piperidine rings is 1. The lowest BCUT2D eigenvalue weighted by Crippen LogP contribution is -2.45. The van der Waals surface area contributed by atoms with Crippen LogP contribution < -0.4 is 10.6 Å². The molecule has 0 amide bonds. The molecule has 5 heterocycles. The lowest BCUT2D eigenvalue weighted by Gasteiger charge is -2.32. The Labute approximate surface area is 219 Å². The zero-order valence-corrected chi connectivity index (χ0v) is 23.1. The highest BCUT2D eigenvalue weighted by Gasteiger charge is 2.27. The summed E-state index contributed by atoms with van der Waals surface area (Å²) in [6.07, 6.45) is 7.40. The SMILES string of the molecule is CC(C)CS(=O)(=O)N1CCCC(C)C1.CN1CCN(c2ncc(-c3cnc4[nH]ccc4n3)c(N)n2)CC1. The molecule has 5 rings (SSSR count). The molecule has 2 aliphatic rings. The molecule has 3 N–H and O–H groups in total. The van der Waals surface area contributed by atoms with Crippen LogP contribution in [0.2, 0.25) is 0 Å². The maximum absolute atomic E-state index is 11.9. The molecule has 37 heavy (non-hydrogen) atoms. The molecule has 0 bridgehead atoms. The third-order valence-corrected chi connectivity index (χ3v) is 8.89. The molecule has 1 atom stereocenters. The normalized spacial score (nSPS) is 19.7. The second-order valence-corrected chi connectivity index (χ2v) is 12.5.